The maximum atomic E-state index is 12.2. The number of rotatable bonds is 6. The lowest BCUT2D eigenvalue weighted by atomic mass is 9.83. The minimum Gasteiger partial charge on any atom is -0.452 e. The molecule has 0 spiro atoms. The van der Waals surface area contributed by atoms with Crippen molar-refractivity contribution in [2.24, 2.45) is 0 Å². The zero-order chi connectivity index (χ0) is 19.3. The zero-order valence-electron chi connectivity index (χ0n) is 14.6. The molecule has 0 fully saturated rings. The first-order valence-electron chi connectivity index (χ1n) is 8.65. The summed E-state index contributed by atoms with van der Waals surface area (Å²) in [5.41, 5.74) is -0.776. The molecule has 2 aromatic carbocycles. The molecule has 27 heavy (non-hydrogen) atoms. The van der Waals surface area contributed by atoms with Crippen molar-refractivity contribution in [3.63, 3.8) is 0 Å². The number of aliphatic hydroxyl groups is 3. The van der Waals surface area contributed by atoms with Gasteiger partial charge < -0.3 is 24.8 Å². The Morgan fingerprint density at radius 2 is 1.59 bits per heavy atom. The summed E-state index contributed by atoms with van der Waals surface area (Å²) in [5, 5.41) is 31.5. The van der Waals surface area contributed by atoms with E-state index in [1.54, 1.807) is 30.3 Å². The number of benzene rings is 2. The monoisotopic (exact) mass is 370 g/mol. The van der Waals surface area contributed by atoms with Gasteiger partial charge in [0.2, 0.25) is 0 Å². The molecule has 6 nitrogen and oxygen atoms in total. The maximum absolute atomic E-state index is 12.2. The summed E-state index contributed by atoms with van der Waals surface area (Å²) in [6, 6.07) is 17.7. The molecular weight excluding hydrogens is 348 g/mol. The molecule has 6 heteroatoms. The Kier molecular flexibility index (Phi) is 6.03. The van der Waals surface area contributed by atoms with Gasteiger partial charge in [-0.2, -0.15) is 0 Å². The highest BCUT2D eigenvalue weighted by molar-refractivity contribution is 5.89. The predicted molar refractivity (Wildman–Crippen MR) is 97.8 cm³/mol. The average Bonchev–Trinajstić information content (AvgIpc) is 2.70. The third kappa shape index (κ3) is 4.43. The van der Waals surface area contributed by atoms with E-state index in [1.165, 1.54) is 12.2 Å². The lowest BCUT2D eigenvalue weighted by Gasteiger charge is -2.41. The van der Waals surface area contributed by atoms with Gasteiger partial charge in [-0.15, -0.1) is 0 Å². The van der Waals surface area contributed by atoms with Gasteiger partial charge in [-0.05, 0) is 23.8 Å². The predicted octanol–water partition coefficient (Wildman–Crippen LogP) is 1.45. The summed E-state index contributed by atoms with van der Waals surface area (Å²) < 4.78 is 10.8. The number of ether oxygens (including phenoxy) is 2. The second-order valence-corrected chi connectivity index (χ2v) is 6.48. The first-order chi connectivity index (χ1) is 13.0. The Balaban J connectivity index is 1.65. The Labute approximate surface area is 157 Å². The molecule has 4 atom stereocenters. The van der Waals surface area contributed by atoms with E-state index >= 15 is 0 Å². The van der Waals surface area contributed by atoms with Crippen LogP contribution in [0.3, 0.4) is 0 Å². The van der Waals surface area contributed by atoms with E-state index in [0.29, 0.717) is 5.56 Å². The van der Waals surface area contributed by atoms with Crippen LogP contribution in [0.25, 0.3) is 0 Å². The Bertz CT molecular complexity index is 776. The van der Waals surface area contributed by atoms with Gasteiger partial charge in [0.05, 0.1) is 18.8 Å². The molecule has 0 saturated carbocycles. The Morgan fingerprint density at radius 1 is 0.963 bits per heavy atom. The van der Waals surface area contributed by atoms with Crippen LogP contribution in [0.4, 0.5) is 0 Å². The van der Waals surface area contributed by atoms with Gasteiger partial charge in [-0.1, -0.05) is 54.6 Å². The van der Waals surface area contributed by atoms with Gasteiger partial charge in [0.15, 0.2) is 0 Å². The van der Waals surface area contributed by atoms with Crippen LogP contribution in [0.15, 0.2) is 72.8 Å². The molecule has 2 aromatic rings. The fraction of sp³-hybridized carbons (Fsp3) is 0.286. The number of carbonyl (C=O) groups is 1. The van der Waals surface area contributed by atoms with E-state index in [-0.39, 0.29) is 13.2 Å². The minimum atomic E-state index is -1.99. The molecule has 0 unspecified atom stereocenters. The van der Waals surface area contributed by atoms with Crippen LogP contribution in [0.2, 0.25) is 0 Å². The standard InChI is InChI=1S/C21H22O6/c22-18-12-11-17(27-20(24)16-9-5-2-6-10-16)19(23)21(18,25)14-26-13-15-7-3-1-4-8-15/h1-12,17-19,22-23,25H,13-14H2/t17-,18+,19+,21-/m0/s1. The smallest absolute Gasteiger partial charge is 0.338 e. The van der Waals surface area contributed by atoms with E-state index in [2.05, 4.69) is 0 Å². The van der Waals surface area contributed by atoms with E-state index in [4.69, 9.17) is 9.47 Å². The van der Waals surface area contributed by atoms with Gasteiger partial charge in [0.1, 0.15) is 23.9 Å². The number of carbonyl (C=O) groups excluding carboxylic acids is 1. The van der Waals surface area contributed by atoms with Crippen molar-refractivity contribution in [1.29, 1.82) is 0 Å². The summed E-state index contributed by atoms with van der Waals surface area (Å²) in [5.74, 6) is -0.631. The molecule has 0 amide bonds. The highest BCUT2D eigenvalue weighted by Crippen LogP contribution is 2.28. The molecule has 0 saturated heterocycles. The zero-order valence-corrected chi connectivity index (χ0v) is 14.6. The number of hydrogen-bond donors (Lipinski definition) is 3. The highest BCUT2D eigenvalue weighted by atomic mass is 16.6. The van der Waals surface area contributed by atoms with Crippen molar-refractivity contribution in [2.45, 2.75) is 30.5 Å². The van der Waals surface area contributed by atoms with E-state index in [9.17, 15) is 20.1 Å². The minimum absolute atomic E-state index is 0.209. The van der Waals surface area contributed by atoms with Crippen molar-refractivity contribution in [3.05, 3.63) is 83.9 Å². The van der Waals surface area contributed by atoms with Crippen LogP contribution in [0.5, 0.6) is 0 Å². The molecule has 3 rings (SSSR count). The SMILES string of the molecule is O=C(O[C@H]1C=C[C@@H](O)[C@@](O)(COCc2ccccc2)[C@@H]1O)c1ccccc1. The molecule has 0 aromatic heterocycles. The summed E-state index contributed by atoms with van der Waals surface area (Å²) in [4.78, 5) is 12.2. The second-order valence-electron chi connectivity index (χ2n) is 6.48. The fourth-order valence-corrected chi connectivity index (χ4v) is 2.89. The van der Waals surface area contributed by atoms with Gasteiger partial charge in [0, 0.05) is 0 Å². The highest BCUT2D eigenvalue weighted by Gasteiger charge is 2.49. The Morgan fingerprint density at radius 3 is 2.26 bits per heavy atom. The Hall–Kier alpha value is -2.51. The molecule has 0 aliphatic heterocycles. The number of hydrogen-bond acceptors (Lipinski definition) is 6. The lowest BCUT2D eigenvalue weighted by Crippen LogP contribution is -2.61. The second kappa shape index (κ2) is 8.45. The molecule has 142 valence electrons. The molecular formula is C21H22O6. The van der Waals surface area contributed by atoms with E-state index in [1.807, 2.05) is 30.3 Å². The van der Waals surface area contributed by atoms with Gasteiger partial charge in [0.25, 0.3) is 0 Å². The van der Waals surface area contributed by atoms with Crippen LogP contribution >= 0.6 is 0 Å². The van der Waals surface area contributed by atoms with Crippen molar-refractivity contribution >= 4 is 5.97 Å². The molecule has 1 aliphatic carbocycles. The van der Waals surface area contributed by atoms with Crippen molar-refractivity contribution in [2.75, 3.05) is 6.61 Å². The largest absolute Gasteiger partial charge is 0.452 e. The fourth-order valence-electron chi connectivity index (χ4n) is 2.89. The van der Waals surface area contributed by atoms with Crippen molar-refractivity contribution in [1.82, 2.24) is 0 Å². The number of esters is 1. The molecule has 0 heterocycles. The summed E-state index contributed by atoms with van der Waals surface area (Å²) >= 11 is 0. The van der Waals surface area contributed by atoms with Gasteiger partial charge >= 0.3 is 5.97 Å². The molecule has 3 N–H and O–H groups in total. The average molecular weight is 370 g/mol. The third-order valence-electron chi connectivity index (χ3n) is 4.52. The van der Waals surface area contributed by atoms with Crippen LogP contribution < -0.4 is 0 Å². The van der Waals surface area contributed by atoms with Crippen LogP contribution in [-0.4, -0.2) is 51.8 Å². The van der Waals surface area contributed by atoms with E-state index in [0.717, 1.165) is 5.56 Å². The van der Waals surface area contributed by atoms with Crippen LogP contribution in [-0.2, 0) is 16.1 Å². The summed E-state index contributed by atoms with van der Waals surface area (Å²) in [6.07, 6.45) is -1.34. The van der Waals surface area contributed by atoms with Gasteiger partial charge in [-0.25, -0.2) is 4.79 Å². The maximum Gasteiger partial charge on any atom is 0.338 e. The molecule has 0 bridgehead atoms. The first kappa shape index (κ1) is 19.3. The van der Waals surface area contributed by atoms with Crippen LogP contribution in [0, 0.1) is 0 Å². The number of aliphatic hydroxyl groups excluding tert-OH is 2. The topological polar surface area (TPSA) is 96.2 Å². The lowest BCUT2D eigenvalue weighted by molar-refractivity contribution is -0.193. The molecule has 1 aliphatic rings. The van der Waals surface area contributed by atoms with Crippen molar-refractivity contribution in [3.8, 4) is 0 Å². The summed E-state index contributed by atoms with van der Waals surface area (Å²) in [6.45, 7) is -0.116. The quantitative estimate of drug-likeness (QED) is 0.526. The first-order valence-corrected chi connectivity index (χ1v) is 8.65. The normalized spacial score (nSPS) is 27.3. The molecule has 0 radical (unpaired) electrons. The van der Waals surface area contributed by atoms with Crippen molar-refractivity contribution < 1.29 is 29.6 Å². The van der Waals surface area contributed by atoms with E-state index < -0.39 is 29.9 Å². The summed E-state index contributed by atoms with van der Waals surface area (Å²) in [7, 11) is 0. The van der Waals surface area contributed by atoms with Crippen LogP contribution in [0.1, 0.15) is 15.9 Å². The van der Waals surface area contributed by atoms with Gasteiger partial charge in [-0.3, -0.25) is 0 Å². The third-order valence-corrected chi connectivity index (χ3v) is 4.52.